The molecular weight excluding hydrogens is 366 g/mol. The highest BCUT2D eigenvalue weighted by Gasteiger charge is 2.18. The zero-order valence-electron chi connectivity index (χ0n) is 15.4. The van der Waals surface area contributed by atoms with Gasteiger partial charge in [-0.1, -0.05) is 30.3 Å². The van der Waals surface area contributed by atoms with Gasteiger partial charge in [0.25, 0.3) is 0 Å². The smallest absolute Gasteiger partial charge is 0.249 e. The van der Waals surface area contributed by atoms with Crippen molar-refractivity contribution in [1.82, 2.24) is 9.88 Å². The first-order chi connectivity index (χ1) is 13.2. The summed E-state index contributed by atoms with van der Waals surface area (Å²) >= 11 is 1.33. The van der Waals surface area contributed by atoms with Crippen molar-refractivity contribution < 1.29 is 19.1 Å². The van der Waals surface area contributed by atoms with Crippen LogP contribution in [0, 0.1) is 0 Å². The van der Waals surface area contributed by atoms with Gasteiger partial charge in [0.15, 0.2) is 5.13 Å². The minimum atomic E-state index is -0.280. The van der Waals surface area contributed by atoms with Crippen molar-refractivity contribution in [2.45, 2.75) is 20.0 Å². The van der Waals surface area contributed by atoms with E-state index >= 15 is 0 Å². The molecule has 1 N–H and O–H groups in total. The van der Waals surface area contributed by atoms with Gasteiger partial charge < -0.3 is 19.7 Å². The van der Waals surface area contributed by atoms with E-state index in [0.29, 0.717) is 37.9 Å². The van der Waals surface area contributed by atoms with Gasteiger partial charge in [0.2, 0.25) is 11.8 Å². The lowest BCUT2D eigenvalue weighted by Gasteiger charge is -2.22. The van der Waals surface area contributed by atoms with Crippen LogP contribution in [0.25, 0.3) is 0 Å². The summed E-state index contributed by atoms with van der Waals surface area (Å²) in [6.45, 7) is 3.75. The highest BCUT2D eigenvalue weighted by molar-refractivity contribution is 7.13. The number of carbonyl (C=O) groups is 2. The van der Waals surface area contributed by atoms with Crippen LogP contribution in [0.1, 0.15) is 18.9 Å². The van der Waals surface area contributed by atoms with E-state index < -0.39 is 0 Å². The Labute approximate surface area is 163 Å². The molecule has 2 aromatic rings. The molecule has 2 rings (SSSR count). The van der Waals surface area contributed by atoms with Crippen molar-refractivity contribution in [1.29, 1.82) is 0 Å². The van der Waals surface area contributed by atoms with Crippen molar-refractivity contribution >= 4 is 28.3 Å². The SMILES string of the molecule is CCOCCCN(CC(=O)Nc1nccs1)C(=O)COCc1ccccc1. The van der Waals surface area contributed by atoms with Crippen molar-refractivity contribution in [2.24, 2.45) is 0 Å². The van der Waals surface area contributed by atoms with E-state index in [-0.39, 0.29) is 25.0 Å². The molecule has 0 spiro atoms. The fourth-order valence-electron chi connectivity index (χ4n) is 2.33. The summed E-state index contributed by atoms with van der Waals surface area (Å²) < 4.78 is 10.8. The highest BCUT2D eigenvalue weighted by atomic mass is 32.1. The van der Waals surface area contributed by atoms with Gasteiger partial charge in [-0.3, -0.25) is 9.59 Å². The molecule has 0 saturated heterocycles. The Bertz CT molecular complexity index is 680. The van der Waals surface area contributed by atoms with Gasteiger partial charge in [-0.25, -0.2) is 4.98 Å². The summed E-state index contributed by atoms with van der Waals surface area (Å²) in [4.78, 5) is 30.2. The Balaban J connectivity index is 1.83. The number of nitrogens with one attached hydrogen (secondary N) is 1. The lowest BCUT2D eigenvalue weighted by atomic mass is 10.2. The van der Waals surface area contributed by atoms with Gasteiger partial charge in [-0.15, -0.1) is 11.3 Å². The second-order valence-electron chi connectivity index (χ2n) is 5.73. The normalized spacial score (nSPS) is 10.6. The third-order valence-corrected chi connectivity index (χ3v) is 4.31. The Kier molecular flexibility index (Phi) is 9.47. The van der Waals surface area contributed by atoms with E-state index in [0.717, 1.165) is 5.56 Å². The van der Waals surface area contributed by atoms with Gasteiger partial charge in [0.05, 0.1) is 13.2 Å². The molecule has 0 radical (unpaired) electrons. The number of ether oxygens (including phenoxy) is 2. The molecule has 0 fully saturated rings. The number of anilines is 1. The minimum Gasteiger partial charge on any atom is -0.382 e. The van der Waals surface area contributed by atoms with Crippen LogP contribution < -0.4 is 5.32 Å². The summed E-state index contributed by atoms with van der Waals surface area (Å²) in [5.41, 5.74) is 0.995. The molecule has 0 atom stereocenters. The molecule has 0 bridgehead atoms. The molecule has 0 unspecified atom stereocenters. The second-order valence-corrected chi connectivity index (χ2v) is 6.62. The second kappa shape index (κ2) is 12.2. The number of hydrogen-bond acceptors (Lipinski definition) is 6. The molecule has 146 valence electrons. The van der Waals surface area contributed by atoms with Crippen LogP contribution in [0.3, 0.4) is 0 Å². The summed E-state index contributed by atoms with van der Waals surface area (Å²) in [5, 5.41) is 4.98. The Hall–Kier alpha value is -2.29. The summed E-state index contributed by atoms with van der Waals surface area (Å²) in [6, 6.07) is 9.64. The maximum Gasteiger partial charge on any atom is 0.249 e. The standard InChI is InChI=1S/C19H25N3O4S/c1-2-25-11-6-10-22(13-17(23)21-19-20-9-12-27-19)18(24)15-26-14-16-7-4-3-5-8-16/h3-5,7-9,12H,2,6,10-11,13-15H2,1H3,(H,20,21,23). The predicted octanol–water partition coefficient (Wildman–Crippen LogP) is 2.55. The van der Waals surface area contributed by atoms with Crippen molar-refractivity contribution in [3.05, 3.63) is 47.5 Å². The van der Waals surface area contributed by atoms with E-state index in [1.807, 2.05) is 37.3 Å². The number of thiazole rings is 1. The molecule has 0 saturated carbocycles. The van der Waals surface area contributed by atoms with Gasteiger partial charge >= 0.3 is 0 Å². The monoisotopic (exact) mass is 391 g/mol. The number of rotatable bonds is 12. The molecule has 8 heteroatoms. The van der Waals surface area contributed by atoms with Gasteiger partial charge in [0.1, 0.15) is 6.61 Å². The molecule has 2 amide bonds. The molecule has 1 aromatic heterocycles. The van der Waals surface area contributed by atoms with Crippen LogP contribution in [0.5, 0.6) is 0 Å². The minimum absolute atomic E-state index is 0.0424. The number of carbonyl (C=O) groups excluding carboxylic acids is 2. The van der Waals surface area contributed by atoms with Crippen LogP contribution in [0.4, 0.5) is 5.13 Å². The Morgan fingerprint density at radius 2 is 2.04 bits per heavy atom. The summed E-state index contributed by atoms with van der Waals surface area (Å²) in [7, 11) is 0. The maximum atomic E-state index is 12.5. The number of hydrogen-bond donors (Lipinski definition) is 1. The third kappa shape index (κ3) is 8.29. The van der Waals surface area contributed by atoms with Crippen LogP contribution >= 0.6 is 11.3 Å². The fourth-order valence-corrected chi connectivity index (χ4v) is 2.88. The molecule has 27 heavy (non-hydrogen) atoms. The van der Waals surface area contributed by atoms with Crippen molar-refractivity contribution in [2.75, 3.05) is 38.2 Å². The van der Waals surface area contributed by atoms with E-state index in [4.69, 9.17) is 9.47 Å². The topological polar surface area (TPSA) is 80.8 Å². The first kappa shape index (κ1) is 21.0. The lowest BCUT2D eigenvalue weighted by molar-refractivity contribution is -0.139. The molecular formula is C19H25N3O4S. The number of benzene rings is 1. The predicted molar refractivity (Wildman–Crippen MR) is 105 cm³/mol. The number of amides is 2. The fraction of sp³-hybridized carbons (Fsp3) is 0.421. The Morgan fingerprint density at radius 1 is 1.22 bits per heavy atom. The molecule has 1 heterocycles. The average molecular weight is 391 g/mol. The van der Waals surface area contributed by atoms with Crippen molar-refractivity contribution in [3.63, 3.8) is 0 Å². The molecule has 1 aromatic carbocycles. The van der Waals surface area contributed by atoms with Crippen molar-refractivity contribution in [3.8, 4) is 0 Å². The van der Waals surface area contributed by atoms with Gasteiger partial charge in [-0.2, -0.15) is 0 Å². The summed E-state index contributed by atoms with van der Waals surface area (Å²) in [5.74, 6) is -0.505. The van der Waals surface area contributed by atoms with Crippen LogP contribution in [-0.2, 0) is 25.7 Å². The lowest BCUT2D eigenvalue weighted by Crippen LogP contribution is -2.40. The van der Waals surface area contributed by atoms with E-state index in [9.17, 15) is 9.59 Å². The quantitative estimate of drug-likeness (QED) is 0.563. The third-order valence-electron chi connectivity index (χ3n) is 3.62. The molecule has 0 aliphatic rings. The van der Waals surface area contributed by atoms with Crippen LogP contribution in [0.15, 0.2) is 41.9 Å². The average Bonchev–Trinajstić information content (AvgIpc) is 3.18. The maximum absolute atomic E-state index is 12.5. The van der Waals surface area contributed by atoms with Gasteiger partial charge in [0, 0.05) is 31.3 Å². The molecule has 0 aliphatic heterocycles. The van der Waals surface area contributed by atoms with E-state index in [1.165, 1.54) is 16.2 Å². The van der Waals surface area contributed by atoms with Gasteiger partial charge in [-0.05, 0) is 18.9 Å². The zero-order chi connectivity index (χ0) is 19.3. The first-order valence-corrected chi connectivity index (χ1v) is 9.73. The van der Waals surface area contributed by atoms with Crippen LogP contribution in [-0.4, -0.2) is 54.6 Å². The first-order valence-electron chi connectivity index (χ1n) is 8.85. The zero-order valence-corrected chi connectivity index (χ0v) is 16.2. The van der Waals surface area contributed by atoms with E-state index in [1.54, 1.807) is 11.6 Å². The number of nitrogens with zero attached hydrogens (tertiary/aromatic N) is 2. The van der Waals surface area contributed by atoms with E-state index in [2.05, 4.69) is 10.3 Å². The van der Waals surface area contributed by atoms with Crippen LogP contribution in [0.2, 0.25) is 0 Å². The molecule has 7 nitrogen and oxygen atoms in total. The Morgan fingerprint density at radius 3 is 2.74 bits per heavy atom. The number of aromatic nitrogens is 1. The molecule has 0 aliphatic carbocycles. The largest absolute Gasteiger partial charge is 0.382 e. The summed E-state index contributed by atoms with van der Waals surface area (Å²) in [6.07, 6.45) is 2.27. The highest BCUT2D eigenvalue weighted by Crippen LogP contribution is 2.10.